The largest absolute Gasteiger partial charge is 0.496 e. The normalized spacial score (nSPS) is 13.5. The highest BCUT2D eigenvalue weighted by Gasteiger charge is 2.31. The van der Waals surface area contributed by atoms with Crippen LogP contribution in [0.5, 0.6) is 34.5 Å². The Morgan fingerprint density at radius 1 is 0.233 bits per heavy atom. The van der Waals surface area contributed by atoms with Crippen molar-refractivity contribution in [3.8, 4) is 34.5 Å². The van der Waals surface area contributed by atoms with Gasteiger partial charge in [-0.25, -0.2) is 0 Å². The van der Waals surface area contributed by atoms with Crippen molar-refractivity contribution in [3.63, 3.8) is 0 Å². The van der Waals surface area contributed by atoms with E-state index in [4.69, 9.17) is 28.4 Å². The van der Waals surface area contributed by atoms with Gasteiger partial charge in [0.1, 0.15) is 47.7 Å². The second-order valence-corrected chi connectivity index (χ2v) is 31.7. The molecule has 1 aliphatic carbocycles. The van der Waals surface area contributed by atoms with E-state index in [0.717, 1.165) is 112 Å². The molecule has 0 N–H and O–H groups in total. The molecule has 8 aromatic rings. The van der Waals surface area contributed by atoms with E-state index in [0.29, 0.717) is 51.7 Å². The predicted molar refractivity (Wildman–Crippen MR) is 375 cm³/mol. The molecule has 0 aliphatic heterocycles. The fourth-order valence-electron chi connectivity index (χ4n) is 12.8. The number of methoxy groups -OCH3 is 4. The van der Waals surface area contributed by atoms with E-state index in [1.165, 1.54) is 33.4 Å². The molecule has 6 heteroatoms. The van der Waals surface area contributed by atoms with E-state index in [1.54, 1.807) is 0 Å². The first-order valence-corrected chi connectivity index (χ1v) is 32.6. The quantitative estimate of drug-likeness (QED) is 0.136. The Morgan fingerprint density at radius 3 is 0.533 bits per heavy atom. The summed E-state index contributed by atoms with van der Waals surface area (Å²) < 4.78 is 41.8. The molecule has 0 amide bonds. The maximum Gasteiger partial charge on any atom is 0.126 e. The van der Waals surface area contributed by atoms with Gasteiger partial charge in [-0.1, -0.05) is 258 Å². The molecular formula is C84H104O6. The number of hydrogen-bond donors (Lipinski definition) is 0. The van der Waals surface area contributed by atoms with Gasteiger partial charge in [-0.15, -0.1) is 0 Å². The minimum atomic E-state index is -0.197. The Balaban J connectivity index is 1.42. The molecule has 0 atom stereocenters. The van der Waals surface area contributed by atoms with E-state index >= 15 is 0 Å². The third-order valence-electron chi connectivity index (χ3n) is 18.2. The lowest BCUT2D eigenvalue weighted by molar-refractivity contribution is 0.300. The number of ether oxygens (including phenoxy) is 6. The zero-order chi connectivity index (χ0) is 65.5. The molecule has 0 heterocycles. The maximum absolute atomic E-state index is 7.34. The van der Waals surface area contributed by atoms with Crippen LogP contribution in [0.2, 0.25) is 0 Å². The summed E-state index contributed by atoms with van der Waals surface area (Å²) in [7, 11) is 7.35. The van der Waals surface area contributed by atoms with E-state index < -0.39 is 0 Å². The van der Waals surface area contributed by atoms with Crippen LogP contribution in [0, 0.1) is 0 Å². The Labute approximate surface area is 542 Å². The summed E-state index contributed by atoms with van der Waals surface area (Å²) in [5.41, 5.74) is 21.7. The topological polar surface area (TPSA) is 55.4 Å². The number of rotatable bonds is 10. The molecule has 6 nitrogen and oxygen atoms in total. The van der Waals surface area contributed by atoms with Crippen LogP contribution in [0.4, 0.5) is 0 Å². The first-order chi connectivity index (χ1) is 42.2. The van der Waals surface area contributed by atoms with Crippen molar-refractivity contribution in [3.05, 3.63) is 245 Å². The Hall–Kier alpha value is -7.44. The Kier molecular flexibility index (Phi) is 19.4. The lowest BCUT2D eigenvalue weighted by Crippen LogP contribution is -2.17. The van der Waals surface area contributed by atoms with Crippen LogP contribution in [0.15, 0.2) is 133 Å². The summed E-state index contributed by atoms with van der Waals surface area (Å²) in [5.74, 6) is 5.25. The number of fused-ring (bicyclic) bond motifs is 12. The second-order valence-electron chi connectivity index (χ2n) is 31.7. The zero-order valence-corrected chi connectivity index (χ0v) is 58.8. The van der Waals surface area contributed by atoms with Crippen LogP contribution < -0.4 is 28.4 Å². The molecule has 8 aromatic carbocycles. The van der Waals surface area contributed by atoms with E-state index in [2.05, 4.69) is 258 Å². The molecule has 0 saturated heterocycles. The molecule has 9 rings (SSSR count). The third-order valence-corrected chi connectivity index (χ3v) is 18.2. The lowest BCUT2D eigenvalue weighted by atomic mass is 9.79. The van der Waals surface area contributed by atoms with Crippen LogP contribution in [0.1, 0.15) is 236 Å². The minimum absolute atomic E-state index is 0.192. The molecule has 0 aromatic heterocycles. The van der Waals surface area contributed by atoms with Gasteiger partial charge in [-0.2, -0.15) is 0 Å². The molecule has 0 unspecified atom stereocenters. The van der Waals surface area contributed by atoms with Gasteiger partial charge in [0.2, 0.25) is 0 Å². The maximum atomic E-state index is 7.34. The Bertz CT molecular complexity index is 3410. The van der Waals surface area contributed by atoms with Gasteiger partial charge in [0.15, 0.2) is 0 Å². The monoisotopic (exact) mass is 1210 g/mol. The molecule has 90 heavy (non-hydrogen) atoms. The van der Waals surface area contributed by atoms with E-state index in [-0.39, 0.29) is 32.5 Å². The van der Waals surface area contributed by atoms with Crippen LogP contribution in [-0.2, 0) is 84.2 Å². The van der Waals surface area contributed by atoms with Gasteiger partial charge < -0.3 is 28.4 Å². The number of benzene rings is 8. The predicted octanol–water partition coefficient (Wildman–Crippen LogP) is 20.5. The summed E-state index contributed by atoms with van der Waals surface area (Å²) in [5, 5.41) is 0. The highest BCUT2D eigenvalue weighted by molar-refractivity contribution is 5.62. The fourth-order valence-corrected chi connectivity index (χ4v) is 12.8. The van der Waals surface area contributed by atoms with Crippen molar-refractivity contribution in [2.24, 2.45) is 0 Å². The van der Waals surface area contributed by atoms with Crippen LogP contribution >= 0.6 is 0 Å². The summed E-state index contributed by atoms with van der Waals surface area (Å²) in [6.07, 6.45) is 3.43. The second kappa shape index (κ2) is 26.0. The highest BCUT2D eigenvalue weighted by Crippen LogP contribution is 2.46. The van der Waals surface area contributed by atoms with Gasteiger partial charge in [0, 0.05) is 38.5 Å². The smallest absolute Gasteiger partial charge is 0.126 e. The van der Waals surface area contributed by atoms with Crippen molar-refractivity contribution >= 4 is 0 Å². The number of hydrogen-bond acceptors (Lipinski definition) is 6. The Morgan fingerprint density at radius 2 is 0.389 bits per heavy atom. The van der Waals surface area contributed by atoms with Crippen molar-refractivity contribution < 1.29 is 28.4 Å². The molecule has 12 bridgehead atoms. The summed E-state index contributed by atoms with van der Waals surface area (Å²) >= 11 is 0. The van der Waals surface area contributed by atoms with Gasteiger partial charge in [0.25, 0.3) is 0 Å². The van der Waals surface area contributed by atoms with Crippen LogP contribution in [0.25, 0.3) is 0 Å². The van der Waals surface area contributed by atoms with E-state index in [1.807, 2.05) is 28.4 Å². The molecule has 0 fully saturated rings. The van der Waals surface area contributed by atoms with Crippen molar-refractivity contribution in [1.29, 1.82) is 0 Å². The zero-order valence-electron chi connectivity index (χ0n) is 58.8. The fraction of sp³-hybridized carbons (Fsp3) is 0.429. The van der Waals surface area contributed by atoms with Crippen molar-refractivity contribution in [1.82, 2.24) is 0 Å². The van der Waals surface area contributed by atoms with Crippen LogP contribution in [0.3, 0.4) is 0 Å². The van der Waals surface area contributed by atoms with Gasteiger partial charge in [-0.05, 0) is 144 Å². The van der Waals surface area contributed by atoms with Gasteiger partial charge >= 0.3 is 0 Å². The van der Waals surface area contributed by atoms with E-state index in [9.17, 15) is 0 Å². The summed E-state index contributed by atoms with van der Waals surface area (Å²) in [4.78, 5) is 0. The van der Waals surface area contributed by atoms with Crippen LogP contribution in [-0.4, -0.2) is 28.4 Å². The van der Waals surface area contributed by atoms with Crippen molar-refractivity contribution in [2.45, 2.75) is 209 Å². The summed E-state index contributed by atoms with van der Waals surface area (Å²) in [6.45, 7) is 42.5. The first-order valence-electron chi connectivity index (χ1n) is 32.6. The molecular weight excluding hydrogens is 1100 g/mol. The average molecular weight is 1210 g/mol. The minimum Gasteiger partial charge on any atom is -0.496 e. The average Bonchev–Trinajstić information content (AvgIpc) is 0.811. The van der Waals surface area contributed by atoms with Gasteiger partial charge in [0.05, 0.1) is 28.4 Å². The third kappa shape index (κ3) is 15.3. The molecule has 0 saturated carbocycles. The molecule has 0 spiro atoms. The highest BCUT2D eigenvalue weighted by atomic mass is 16.5. The molecule has 0 radical (unpaired) electrons. The molecule has 1 aliphatic rings. The standard InChI is InChI=1S/C84H104O6/c1-79(2,3)67-39-55-33-56-40-68(80(4,5)6)44-60(74(56)86-20)36-65-49-72(84(16,17)18)50-66(78(65)90-52-54-31-27-24-28-32-54)38-62-46-70(82(10,11)12)42-58(76(62)88-22)34-57-41-69(81(7,8)9)45-61(75(57)87-21)37-64-48-71(83(13,14)15)47-63(35-59(43-67)73(55)85-19)77(64)89-51-53-29-25-23-26-30-53/h23-32,39-50H,33-38,51-52H2,1-22H3. The molecule has 476 valence electrons. The van der Waals surface area contributed by atoms with Crippen molar-refractivity contribution in [2.75, 3.05) is 28.4 Å². The van der Waals surface area contributed by atoms with Gasteiger partial charge in [-0.3, -0.25) is 0 Å². The lowest BCUT2D eigenvalue weighted by Gasteiger charge is -2.29. The summed E-state index contributed by atoms with van der Waals surface area (Å²) in [6, 6.07) is 49.8. The first kappa shape index (κ1) is 67.0. The SMILES string of the molecule is COc1c2cc(C(C)(C)C)cc1Cc1cc(C(C)(C)C)cc(c1OCc1ccccc1)Cc1cc(C(C)(C)C)cc(c1OC)Cc1cc(C(C)(C)C)cc(c1OC)Cc1cc(C(C)(C)C)cc(c1OCc1ccccc1)Cc1cc(C(C)(C)C)cc(c1OC)C2.